The van der Waals surface area contributed by atoms with E-state index in [2.05, 4.69) is 15.3 Å². The van der Waals surface area contributed by atoms with Gasteiger partial charge in [0.1, 0.15) is 5.82 Å². The predicted molar refractivity (Wildman–Crippen MR) is 139 cm³/mol. The fraction of sp³-hybridized carbons (Fsp3) is 0.185. The van der Waals surface area contributed by atoms with Crippen LogP contribution in [-0.2, 0) is 10.2 Å². The van der Waals surface area contributed by atoms with E-state index in [4.69, 9.17) is 20.3 Å². The summed E-state index contributed by atoms with van der Waals surface area (Å²) in [6.07, 6.45) is 0. The Balaban J connectivity index is 0.000000256. The lowest BCUT2D eigenvalue weighted by Crippen LogP contribution is -2.35. The van der Waals surface area contributed by atoms with E-state index in [1.807, 2.05) is 0 Å². The number of nitrogens with zero attached hydrogens (tertiary/aromatic N) is 1. The first kappa shape index (κ1) is 27.7. The topological polar surface area (TPSA) is 157 Å². The number of carboxylic acid groups (broad SMARTS) is 1. The summed E-state index contributed by atoms with van der Waals surface area (Å²) >= 11 is 0. The summed E-state index contributed by atoms with van der Waals surface area (Å²) in [7, 11) is 3.05. The molecule has 0 aliphatic carbocycles. The molecule has 0 saturated carbocycles. The highest BCUT2D eigenvalue weighted by Crippen LogP contribution is 2.28. The fourth-order valence-corrected chi connectivity index (χ4v) is 3.38. The first-order valence-electron chi connectivity index (χ1n) is 11.3. The number of methoxy groups -OCH3 is 2. The Morgan fingerprint density at radius 1 is 0.974 bits per heavy atom. The van der Waals surface area contributed by atoms with Gasteiger partial charge in [0.2, 0.25) is 11.7 Å². The zero-order valence-corrected chi connectivity index (χ0v) is 21.2. The standard InChI is InChI=1S/C19H22N2O4.C8H5FN2O2/c1-19(2,18(20)23)13-6-8-14(9-7-13)21-17(22)12-5-10-15(24-3)16(11-12)25-4;9-4-1-2-5-6(3-4)11-7(10-5)8(12)13/h5-11H,1-4H3,(H2,20,23)(H,21,22);1-3H,(H,10,11)(H,12,13). The van der Waals surface area contributed by atoms with Crippen molar-refractivity contribution in [2.24, 2.45) is 5.73 Å². The summed E-state index contributed by atoms with van der Waals surface area (Å²) < 4.78 is 23.0. The molecule has 38 heavy (non-hydrogen) atoms. The fourth-order valence-electron chi connectivity index (χ4n) is 3.38. The van der Waals surface area contributed by atoms with Gasteiger partial charge in [0.15, 0.2) is 11.5 Å². The predicted octanol–water partition coefficient (Wildman–Crippen LogP) is 4.12. The number of carbonyl (C=O) groups is 3. The van der Waals surface area contributed by atoms with Gasteiger partial charge in [-0.05, 0) is 67.9 Å². The van der Waals surface area contributed by atoms with Crippen LogP contribution < -0.4 is 20.5 Å². The number of imidazole rings is 1. The Bertz CT molecular complexity index is 1480. The molecule has 3 aromatic carbocycles. The van der Waals surface area contributed by atoms with Gasteiger partial charge in [0, 0.05) is 11.3 Å². The monoisotopic (exact) mass is 522 g/mol. The minimum atomic E-state index is -1.16. The largest absolute Gasteiger partial charge is 0.493 e. The first-order chi connectivity index (χ1) is 18.0. The molecular formula is C27H27FN4O6. The molecule has 10 nitrogen and oxygen atoms in total. The van der Waals surface area contributed by atoms with E-state index in [9.17, 15) is 18.8 Å². The van der Waals surface area contributed by atoms with Crippen molar-refractivity contribution in [1.82, 2.24) is 9.97 Å². The van der Waals surface area contributed by atoms with Crippen LogP contribution in [0.3, 0.4) is 0 Å². The molecule has 11 heteroatoms. The van der Waals surface area contributed by atoms with Crippen molar-refractivity contribution in [3.05, 3.63) is 83.4 Å². The lowest BCUT2D eigenvalue weighted by Gasteiger charge is -2.21. The van der Waals surface area contributed by atoms with Crippen LogP contribution in [0.5, 0.6) is 11.5 Å². The van der Waals surface area contributed by atoms with Gasteiger partial charge in [0.25, 0.3) is 5.91 Å². The van der Waals surface area contributed by atoms with Crippen molar-refractivity contribution in [2.75, 3.05) is 19.5 Å². The number of nitrogens with one attached hydrogen (secondary N) is 2. The Hall–Kier alpha value is -4.93. The Morgan fingerprint density at radius 3 is 2.21 bits per heavy atom. The summed E-state index contributed by atoms with van der Waals surface area (Å²) in [6, 6.07) is 15.8. The molecule has 4 rings (SSSR count). The number of aromatic amines is 1. The number of H-pyrrole nitrogens is 1. The SMILES string of the molecule is COc1ccc(C(=O)Nc2ccc(C(C)(C)C(N)=O)cc2)cc1OC.O=C(O)c1nc2ccc(F)cc2[nH]1. The molecule has 1 heterocycles. The maximum absolute atomic E-state index is 12.7. The van der Waals surface area contributed by atoms with Crippen molar-refractivity contribution in [3.8, 4) is 11.5 Å². The van der Waals surface area contributed by atoms with Gasteiger partial charge >= 0.3 is 5.97 Å². The Morgan fingerprint density at radius 2 is 1.63 bits per heavy atom. The van der Waals surface area contributed by atoms with E-state index >= 15 is 0 Å². The minimum absolute atomic E-state index is 0.180. The number of halogens is 1. The number of anilines is 1. The number of primary amides is 1. The number of carbonyl (C=O) groups excluding carboxylic acids is 2. The molecule has 198 valence electrons. The highest BCUT2D eigenvalue weighted by atomic mass is 19.1. The van der Waals surface area contributed by atoms with E-state index in [0.717, 1.165) is 5.56 Å². The lowest BCUT2D eigenvalue weighted by molar-refractivity contribution is -0.122. The molecular weight excluding hydrogens is 495 g/mol. The smallest absolute Gasteiger partial charge is 0.371 e. The molecule has 0 unspecified atom stereocenters. The molecule has 5 N–H and O–H groups in total. The first-order valence-corrected chi connectivity index (χ1v) is 11.3. The molecule has 4 aromatic rings. The summed E-state index contributed by atoms with van der Waals surface area (Å²) in [5.41, 5.74) is 7.32. The van der Waals surface area contributed by atoms with Crippen molar-refractivity contribution in [1.29, 1.82) is 0 Å². The quantitative estimate of drug-likeness (QED) is 0.284. The average molecular weight is 523 g/mol. The van der Waals surface area contributed by atoms with E-state index in [-0.39, 0.29) is 11.7 Å². The highest BCUT2D eigenvalue weighted by Gasteiger charge is 2.27. The number of rotatable bonds is 7. The minimum Gasteiger partial charge on any atom is -0.493 e. The molecule has 0 bridgehead atoms. The van der Waals surface area contributed by atoms with E-state index in [0.29, 0.717) is 33.8 Å². The van der Waals surface area contributed by atoms with Gasteiger partial charge in [-0.1, -0.05) is 12.1 Å². The molecule has 0 spiro atoms. The van der Waals surface area contributed by atoms with Gasteiger partial charge in [-0.25, -0.2) is 14.2 Å². The van der Waals surface area contributed by atoms with Gasteiger partial charge in [-0.3, -0.25) is 9.59 Å². The number of nitrogens with two attached hydrogens (primary N) is 1. The number of benzene rings is 3. The van der Waals surface area contributed by atoms with Crippen LogP contribution in [0.15, 0.2) is 60.7 Å². The van der Waals surface area contributed by atoms with Crippen LogP contribution in [0.2, 0.25) is 0 Å². The van der Waals surface area contributed by atoms with Gasteiger partial charge < -0.3 is 30.6 Å². The van der Waals surface area contributed by atoms with Crippen LogP contribution in [-0.4, -0.2) is 47.1 Å². The van der Waals surface area contributed by atoms with Gasteiger partial charge in [0.05, 0.1) is 30.7 Å². The molecule has 0 aliphatic heterocycles. The zero-order chi connectivity index (χ0) is 28.0. The average Bonchev–Trinajstić information content (AvgIpc) is 3.32. The van der Waals surface area contributed by atoms with Crippen molar-refractivity contribution >= 4 is 34.5 Å². The number of aromatic nitrogens is 2. The maximum Gasteiger partial charge on any atom is 0.371 e. The molecule has 2 amide bonds. The lowest BCUT2D eigenvalue weighted by atomic mass is 9.84. The van der Waals surface area contributed by atoms with Crippen LogP contribution in [0.4, 0.5) is 10.1 Å². The molecule has 0 atom stereocenters. The van der Waals surface area contributed by atoms with Gasteiger partial charge in [-0.2, -0.15) is 0 Å². The molecule has 0 fully saturated rings. The number of carboxylic acids is 1. The summed E-state index contributed by atoms with van der Waals surface area (Å²) in [5.74, 6) is -1.41. The summed E-state index contributed by atoms with van der Waals surface area (Å²) in [5, 5.41) is 11.4. The molecule has 1 aromatic heterocycles. The number of amides is 2. The maximum atomic E-state index is 12.7. The van der Waals surface area contributed by atoms with Gasteiger partial charge in [-0.15, -0.1) is 0 Å². The molecule has 0 aliphatic rings. The van der Waals surface area contributed by atoms with Crippen LogP contribution in [0, 0.1) is 5.82 Å². The van der Waals surface area contributed by atoms with E-state index in [1.54, 1.807) is 56.3 Å². The van der Waals surface area contributed by atoms with Crippen LogP contribution >= 0.6 is 0 Å². The number of hydrogen-bond acceptors (Lipinski definition) is 6. The van der Waals surface area contributed by atoms with Crippen molar-refractivity contribution in [2.45, 2.75) is 19.3 Å². The number of fused-ring (bicyclic) bond motifs is 1. The highest BCUT2D eigenvalue weighted by molar-refractivity contribution is 6.04. The third kappa shape index (κ3) is 6.25. The number of aromatic carboxylic acids is 1. The second-order valence-electron chi connectivity index (χ2n) is 8.64. The van der Waals surface area contributed by atoms with Crippen LogP contribution in [0.25, 0.3) is 11.0 Å². The van der Waals surface area contributed by atoms with Crippen molar-refractivity contribution in [3.63, 3.8) is 0 Å². The second kappa shape index (κ2) is 11.4. The third-order valence-corrected chi connectivity index (χ3v) is 5.77. The zero-order valence-electron chi connectivity index (χ0n) is 21.2. The number of hydrogen-bond donors (Lipinski definition) is 4. The van der Waals surface area contributed by atoms with E-state index in [1.165, 1.54) is 32.4 Å². The Labute approximate surface area is 217 Å². The van der Waals surface area contributed by atoms with Crippen molar-refractivity contribution < 1.29 is 33.4 Å². The Kier molecular flexibility index (Phi) is 8.31. The second-order valence-corrected chi connectivity index (χ2v) is 8.64. The molecule has 0 saturated heterocycles. The summed E-state index contributed by atoms with van der Waals surface area (Å²) in [4.78, 5) is 40.6. The normalized spacial score (nSPS) is 10.8. The number of ether oxygens (including phenoxy) is 2. The summed E-state index contributed by atoms with van der Waals surface area (Å²) in [6.45, 7) is 3.51. The third-order valence-electron chi connectivity index (χ3n) is 5.77. The van der Waals surface area contributed by atoms with E-state index < -0.39 is 23.1 Å². The van der Waals surface area contributed by atoms with Crippen LogP contribution in [0.1, 0.15) is 40.4 Å². The molecule has 0 radical (unpaired) electrons.